The van der Waals surface area contributed by atoms with E-state index in [1.165, 1.54) is 12.1 Å². The second-order valence-electron chi connectivity index (χ2n) is 4.89. The molecule has 0 amide bonds. The van der Waals surface area contributed by atoms with E-state index in [1.54, 1.807) is 6.07 Å². The number of aromatic amines is 1. The Hall–Kier alpha value is -2.03. The minimum Gasteiger partial charge on any atom is -0.320 e. The second kappa shape index (κ2) is 6.23. The Kier molecular flexibility index (Phi) is 4.69. The van der Waals surface area contributed by atoms with Crippen LogP contribution in [0.3, 0.4) is 0 Å². The van der Waals surface area contributed by atoms with Crippen molar-refractivity contribution >= 4 is 16.0 Å². The van der Waals surface area contributed by atoms with Crippen LogP contribution in [0.25, 0.3) is 0 Å². The lowest BCUT2D eigenvalue weighted by Gasteiger charge is -2.10. The Morgan fingerprint density at radius 3 is 2.35 bits per heavy atom. The van der Waals surface area contributed by atoms with E-state index in [0.29, 0.717) is 12.6 Å². The number of aryl methyl sites for hydroxylation is 2. The largest absolute Gasteiger partial charge is 0.432 e. The smallest absolute Gasteiger partial charge is 0.320 e. The van der Waals surface area contributed by atoms with E-state index in [2.05, 4.69) is 4.98 Å². The SMILES string of the molecule is CCc1ccc(S(=O)(=O)Nc2ncc(C(F)(F)F)[nH]2)cc1CC. The molecule has 1 aromatic carbocycles. The van der Waals surface area contributed by atoms with Gasteiger partial charge in [-0.3, -0.25) is 0 Å². The van der Waals surface area contributed by atoms with Crippen molar-refractivity contribution in [3.8, 4) is 0 Å². The first kappa shape index (κ1) is 17.3. The van der Waals surface area contributed by atoms with Crippen LogP contribution in [0, 0.1) is 0 Å². The zero-order valence-corrected chi connectivity index (χ0v) is 13.3. The molecule has 0 atom stereocenters. The monoisotopic (exact) mass is 347 g/mol. The van der Waals surface area contributed by atoms with E-state index in [-0.39, 0.29) is 4.90 Å². The van der Waals surface area contributed by atoms with Gasteiger partial charge in [-0.05, 0) is 36.1 Å². The van der Waals surface area contributed by atoms with E-state index in [0.717, 1.165) is 17.5 Å². The summed E-state index contributed by atoms with van der Waals surface area (Å²) in [6, 6.07) is 4.65. The van der Waals surface area contributed by atoms with Gasteiger partial charge in [-0.25, -0.2) is 18.1 Å². The summed E-state index contributed by atoms with van der Waals surface area (Å²) in [5.74, 6) is -0.477. The average molecular weight is 347 g/mol. The number of H-pyrrole nitrogens is 1. The average Bonchev–Trinajstić information content (AvgIpc) is 2.94. The summed E-state index contributed by atoms with van der Waals surface area (Å²) < 4.78 is 64.0. The fourth-order valence-corrected chi connectivity index (χ4v) is 3.17. The highest BCUT2D eigenvalue weighted by atomic mass is 32.2. The number of hydrogen-bond acceptors (Lipinski definition) is 3. The predicted octanol–water partition coefficient (Wildman–Crippen LogP) is 3.35. The van der Waals surface area contributed by atoms with Crippen molar-refractivity contribution in [2.24, 2.45) is 0 Å². The molecule has 23 heavy (non-hydrogen) atoms. The number of imidazole rings is 1. The number of nitrogens with one attached hydrogen (secondary N) is 2. The molecule has 2 rings (SSSR count). The van der Waals surface area contributed by atoms with Crippen molar-refractivity contribution in [2.45, 2.75) is 37.8 Å². The number of halogens is 3. The Bertz CT molecular complexity index is 798. The van der Waals surface area contributed by atoms with Crippen LogP contribution in [0.1, 0.15) is 30.7 Å². The van der Waals surface area contributed by atoms with Gasteiger partial charge in [0.05, 0.1) is 11.1 Å². The summed E-state index contributed by atoms with van der Waals surface area (Å²) in [5, 5.41) is 0. The zero-order chi connectivity index (χ0) is 17.3. The summed E-state index contributed by atoms with van der Waals surface area (Å²) in [5.41, 5.74) is 0.792. The van der Waals surface area contributed by atoms with Gasteiger partial charge in [-0.15, -0.1) is 0 Å². The van der Waals surface area contributed by atoms with Crippen molar-refractivity contribution in [3.05, 3.63) is 41.2 Å². The molecule has 0 radical (unpaired) electrons. The van der Waals surface area contributed by atoms with Crippen molar-refractivity contribution in [1.82, 2.24) is 9.97 Å². The quantitative estimate of drug-likeness (QED) is 0.871. The fraction of sp³-hybridized carbons (Fsp3) is 0.357. The van der Waals surface area contributed by atoms with Gasteiger partial charge in [0.2, 0.25) is 5.95 Å². The molecule has 1 heterocycles. The molecule has 126 valence electrons. The minimum absolute atomic E-state index is 0.0171. The maximum atomic E-state index is 12.5. The standard InChI is InChI=1S/C14H16F3N3O2S/c1-3-9-5-6-11(7-10(9)4-2)23(21,22)20-13-18-8-12(19-13)14(15,16)17/h5-8H,3-4H2,1-2H3,(H2,18,19,20). The lowest BCUT2D eigenvalue weighted by atomic mass is 10.0. The molecule has 0 bridgehead atoms. The topological polar surface area (TPSA) is 74.8 Å². The summed E-state index contributed by atoms with van der Waals surface area (Å²) in [6.45, 7) is 3.86. The number of hydrogen-bond donors (Lipinski definition) is 2. The molecule has 0 unspecified atom stereocenters. The second-order valence-corrected chi connectivity index (χ2v) is 6.57. The first-order valence-electron chi connectivity index (χ1n) is 6.94. The van der Waals surface area contributed by atoms with Crippen LogP contribution in [0.15, 0.2) is 29.3 Å². The number of nitrogens with zero attached hydrogens (tertiary/aromatic N) is 1. The molecular formula is C14H16F3N3O2S. The molecule has 0 aliphatic heterocycles. The normalized spacial score (nSPS) is 12.4. The molecule has 2 aromatic rings. The van der Waals surface area contributed by atoms with Gasteiger partial charge in [0, 0.05) is 0 Å². The van der Waals surface area contributed by atoms with Gasteiger partial charge >= 0.3 is 6.18 Å². The number of rotatable bonds is 5. The van der Waals surface area contributed by atoms with E-state index >= 15 is 0 Å². The Balaban J connectivity index is 2.30. The number of anilines is 1. The maximum absolute atomic E-state index is 12.5. The van der Waals surface area contributed by atoms with Crippen LogP contribution in [0.5, 0.6) is 0 Å². The van der Waals surface area contributed by atoms with Crippen LogP contribution < -0.4 is 4.72 Å². The molecule has 0 aliphatic rings. The lowest BCUT2D eigenvalue weighted by molar-refractivity contribution is -0.140. The van der Waals surface area contributed by atoms with Gasteiger partial charge in [-0.1, -0.05) is 19.9 Å². The van der Waals surface area contributed by atoms with Gasteiger partial charge in [0.25, 0.3) is 10.0 Å². The third kappa shape index (κ3) is 3.84. The fourth-order valence-electron chi connectivity index (χ4n) is 2.15. The third-order valence-corrected chi connectivity index (χ3v) is 4.70. The van der Waals surface area contributed by atoms with Crippen LogP contribution >= 0.6 is 0 Å². The summed E-state index contributed by atoms with van der Waals surface area (Å²) in [7, 11) is -4.01. The summed E-state index contributed by atoms with van der Waals surface area (Å²) in [6.07, 6.45) is -2.65. The van der Waals surface area contributed by atoms with E-state index in [1.807, 2.05) is 23.6 Å². The molecule has 2 N–H and O–H groups in total. The molecule has 0 saturated carbocycles. The molecular weight excluding hydrogens is 331 g/mol. The number of sulfonamides is 1. The molecule has 9 heteroatoms. The third-order valence-electron chi connectivity index (χ3n) is 3.36. The predicted molar refractivity (Wildman–Crippen MR) is 79.6 cm³/mol. The Morgan fingerprint density at radius 1 is 1.17 bits per heavy atom. The highest BCUT2D eigenvalue weighted by Crippen LogP contribution is 2.28. The van der Waals surface area contributed by atoms with Crippen LogP contribution in [-0.2, 0) is 29.0 Å². The molecule has 0 saturated heterocycles. The van der Waals surface area contributed by atoms with Gasteiger partial charge in [0.1, 0.15) is 5.69 Å². The van der Waals surface area contributed by atoms with Crippen molar-refractivity contribution in [2.75, 3.05) is 4.72 Å². The van der Waals surface area contributed by atoms with Crippen LogP contribution in [0.4, 0.5) is 19.1 Å². The molecule has 5 nitrogen and oxygen atoms in total. The summed E-state index contributed by atoms with van der Waals surface area (Å²) >= 11 is 0. The lowest BCUT2D eigenvalue weighted by Crippen LogP contribution is -2.15. The van der Waals surface area contributed by atoms with Crippen molar-refractivity contribution in [1.29, 1.82) is 0 Å². The number of alkyl halides is 3. The summed E-state index contributed by atoms with van der Waals surface area (Å²) in [4.78, 5) is 5.29. The highest BCUT2D eigenvalue weighted by molar-refractivity contribution is 7.92. The number of benzene rings is 1. The van der Waals surface area contributed by atoms with Crippen molar-refractivity contribution < 1.29 is 21.6 Å². The molecule has 0 fully saturated rings. The number of aromatic nitrogens is 2. The minimum atomic E-state index is -4.62. The molecule has 1 aromatic heterocycles. The molecule has 0 spiro atoms. The maximum Gasteiger partial charge on any atom is 0.432 e. The zero-order valence-electron chi connectivity index (χ0n) is 12.5. The Labute approximate surface area is 132 Å². The Morgan fingerprint density at radius 2 is 1.83 bits per heavy atom. The van der Waals surface area contributed by atoms with Crippen molar-refractivity contribution in [3.63, 3.8) is 0 Å². The highest BCUT2D eigenvalue weighted by Gasteiger charge is 2.33. The first-order chi connectivity index (χ1) is 10.7. The van der Waals surface area contributed by atoms with E-state index in [4.69, 9.17) is 0 Å². The van der Waals surface area contributed by atoms with Gasteiger partial charge in [0.15, 0.2) is 0 Å². The van der Waals surface area contributed by atoms with Crippen LogP contribution in [-0.4, -0.2) is 18.4 Å². The van der Waals surface area contributed by atoms with Gasteiger partial charge < -0.3 is 4.98 Å². The van der Waals surface area contributed by atoms with Gasteiger partial charge in [-0.2, -0.15) is 13.2 Å². The van der Waals surface area contributed by atoms with Crippen LogP contribution in [0.2, 0.25) is 0 Å². The van der Waals surface area contributed by atoms with E-state index in [9.17, 15) is 21.6 Å². The first-order valence-corrected chi connectivity index (χ1v) is 8.42. The molecule has 0 aliphatic carbocycles. The van der Waals surface area contributed by atoms with E-state index < -0.39 is 27.8 Å².